The van der Waals surface area contributed by atoms with Crippen molar-refractivity contribution in [3.05, 3.63) is 53.6 Å². The van der Waals surface area contributed by atoms with Gasteiger partial charge < -0.3 is 9.64 Å². The van der Waals surface area contributed by atoms with E-state index in [1.54, 1.807) is 0 Å². The average molecular weight is 474 g/mol. The van der Waals surface area contributed by atoms with Gasteiger partial charge >= 0.3 is 6.18 Å². The van der Waals surface area contributed by atoms with E-state index >= 15 is 0 Å². The fourth-order valence-corrected chi connectivity index (χ4v) is 3.85. The van der Waals surface area contributed by atoms with E-state index in [1.165, 1.54) is 28.4 Å². The molecule has 1 heterocycles. The number of hydrogen-bond donors (Lipinski definition) is 0. The number of rotatable bonds is 7. The summed E-state index contributed by atoms with van der Waals surface area (Å²) in [5.41, 5.74) is 0.0423. The number of likely N-dealkylation sites (N-methyl/N-ethyl adjacent to an activating group) is 1. The number of benzene rings is 2. The quantitative estimate of drug-likeness (QED) is 0.464. The van der Waals surface area contributed by atoms with Gasteiger partial charge in [-0.2, -0.15) is 13.2 Å². The summed E-state index contributed by atoms with van der Waals surface area (Å²) in [4.78, 5) is 21.2. The Morgan fingerprint density at radius 2 is 1.77 bits per heavy atom. The number of alkyl halides is 3. The predicted octanol–water partition coefficient (Wildman–Crippen LogP) is 5.34. The van der Waals surface area contributed by atoms with Gasteiger partial charge in [-0.1, -0.05) is 17.4 Å². The lowest BCUT2D eigenvalue weighted by molar-refractivity contribution is -0.137. The molecule has 1 amide bonds. The minimum Gasteiger partial charge on any atom is -0.492 e. The van der Waals surface area contributed by atoms with Crippen molar-refractivity contribution in [2.45, 2.75) is 13.1 Å². The molecule has 10 heteroatoms. The van der Waals surface area contributed by atoms with Crippen molar-refractivity contribution in [1.29, 1.82) is 0 Å². The molecule has 0 saturated carbocycles. The molecule has 0 spiro atoms. The fraction of sp³-hybridized carbons (Fsp3) is 0.333. The molecule has 0 aliphatic heterocycles. The van der Waals surface area contributed by atoms with Crippen molar-refractivity contribution in [1.82, 2.24) is 9.88 Å². The van der Waals surface area contributed by atoms with Crippen molar-refractivity contribution in [2.75, 3.05) is 38.7 Å². The summed E-state index contributed by atoms with van der Waals surface area (Å²) in [6, 6.07) is 9.81. The number of nitrogens with zero attached hydrogens (tertiary/aromatic N) is 3. The number of para-hydroxylation sites is 1. The summed E-state index contributed by atoms with van der Waals surface area (Å²) in [6.45, 7) is 3.28. The monoisotopic (exact) mass is 473 g/mol. The topological polar surface area (TPSA) is 45.7 Å². The summed E-state index contributed by atoms with van der Waals surface area (Å²) in [7, 11) is 3.76. The molecule has 31 heavy (non-hydrogen) atoms. The van der Waals surface area contributed by atoms with Crippen molar-refractivity contribution in [2.24, 2.45) is 0 Å². The van der Waals surface area contributed by atoms with Crippen LogP contribution in [0.25, 0.3) is 10.2 Å². The fourth-order valence-electron chi connectivity index (χ4n) is 2.84. The van der Waals surface area contributed by atoms with Crippen LogP contribution in [0.5, 0.6) is 5.75 Å². The van der Waals surface area contributed by atoms with E-state index in [0.717, 1.165) is 16.8 Å². The van der Waals surface area contributed by atoms with Gasteiger partial charge in [0.2, 0.25) is 0 Å². The zero-order valence-corrected chi connectivity index (χ0v) is 18.9. The van der Waals surface area contributed by atoms with Crippen LogP contribution in [0.1, 0.15) is 22.8 Å². The zero-order valence-electron chi connectivity index (χ0n) is 17.3. The van der Waals surface area contributed by atoms with Gasteiger partial charge in [0.05, 0.1) is 16.9 Å². The first-order valence-electron chi connectivity index (χ1n) is 9.37. The molecule has 3 aromatic rings. The molecule has 0 unspecified atom stereocenters. The first-order valence-corrected chi connectivity index (χ1v) is 10.2. The highest BCUT2D eigenvalue weighted by atomic mass is 35.5. The Balaban J connectivity index is 0.00000341. The van der Waals surface area contributed by atoms with Crippen LogP contribution in [-0.2, 0) is 6.18 Å². The maximum absolute atomic E-state index is 13.2. The second-order valence-electron chi connectivity index (χ2n) is 6.87. The van der Waals surface area contributed by atoms with Crippen LogP contribution in [0, 0.1) is 0 Å². The minimum absolute atomic E-state index is 0. The molecule has 0 aliphatic rings. The number of carbonyl (C=O) groups is 1. The van der Waals surface area contributed by atoms with Gasteiger partial charge in [-0.3, -0.25) is 9.69 Å². The lowest BCUT2D eigenvalue weighted by Crippen LogP contribution is -2.36. The largest absolute Gasteiger partial charge is 0.492 e. The lowest BCUT2D eigenvalue weighted by Gasteiger charge is -2.22. The Kier molecular flexibility index (Phi) is 8.27. The number of anilines is 1. The van der Waals surface area contributed by atoms with Crippen LogP contribution in [0.4, 0.5) is 18.3 Å². The first-order chi connectivity index (χ1) is 14.2. The van der Waals surface area contributed by atoms with Gasteiger partial charge in [-0.25, -0.2) is 4.98 Å². The maximum Gasteiger partial charge on any atom is 0.416 e. The van der Waals surface area contributed by atoms with E-state index in [1.807, 2.05) is 44.1 Å². The molecule has 3 rings (SSSR count). The Morgan fingerprint density at radius 3 is 2.35 bits per heavy atom. The van der Waals surface area contributed by atoms with E-state index < -0.39 is 17.6 Å². The number of thiazole rings is 1. The highest BCUT2D eigenvalue weighted by molar-refractivity contribution is 7.22. The van der Waals surface area contributed by atoms with Gasteiger partial charge in [-0.05, 0) is 57.4 Å². The van der Waals surface area contributed by atoms with E-state index in [-0.39, 0.29) is 18.0 Å². The Labute approximate surface area is 188 Å². The average Bonchev–Trinajstić information content (AvgIpc) is 3.12. The molecule has 0 aliphatic carbocycles. The molecular weight excluding hydrogens is 451 g/mol. The molecule has 1 aromatic heterocycles. The molecule has 2 aromatic carbocycles. The molecule has 0 fully saturated rings. The van der Waals surface area contributed by atoms with Crippen molar-refractivity contribution in [3.63, 3.8) is 0 Å². The van der Waals surface area contributed by atoms with E-state index in [9.17, 15) is 18.0 Å². The lowest BCUT2D eigenvalue weighted by atomic mass is 10.1. The molecular formula is C21H23ClF3N3O2S. The van der Waals surface area contributed by atoms with Gasteiger partial charge in [0, 0.05) is 18.7 Å². The van der Waals surface area contributed by atoms with Gasteiger partial charge in [0.15, 0.2) is 5.13 Å². The smallest absolute Gasteiger partial charge is 0.416 e. The molecule has 5 nitrogen and oxygen atoms in total. The third-order valence-electron chi connectivity index (χ3n) is 4.38. The molecule has 0 radical (unpaired) electrons. The van der Waals surface area contributed by atoms with Gasteiger partial charge in [0.1, 0.15) is 11.3 Å². The van der Waals surface area contributed by atoms with Crippen LogP contribution < -0.4 is 9.64 Å². The van der Waals surface area contributed by atoms with Gasteiger partial charge in [-0.15, -0.1) is 12.4 Å². The number of amides is 1. The molecule has 0 saturated heterocycles. The molecule has 0 N–H and O–H groups in total. The van der Waals surface area contributed by atoms with Crippen molar-refractivity contribution >= 4 is 45.0 Å². The summed E-state index contributed by atoms with van der Waals surface area (Å²) in [6.07, 6.45) is -4.45. The summed E-state index contributed by atoms with van der Waals surface area (Å²) < 4.78 is 45.0. The van der Waals surface area contributed by atoms with Crippen LogP contribution in [-0.4, -0.2) is 49.6 Å². The standard InChI is InChI=1S/C21H22F3N3O2S.ClH/c1-4-29-16-6-5-7-17-18(16)25-20(30-17)27(13-12-26(2)3)19(28)14-8-10-15(11-9-14)21(22,23)24;/h5-11H,4,12-13H2,1-3H3;1H. The van der Waals surface area contributed by atoms with E-state index in [2.05, 4.69) is 4.98 Å². The second-order valence-corrected chi connectivity index (χ2v) is 7.88. The summed E-state index contributed by atoms with van der Waals surface area (Å²) in [5.74, 6) is 0.231. The normalized spacial score (nSPS) is 11.5. The van der Waals surface area contributed by atoms with Crippen LogP contribution in [0.3, 0.4) is 0 Å². The minimum atomic E-state index is -4.45. The third kappa shape index (κ3) is 5.87. The highest BCUT2D eigenvalue weighted by Gasteiger charge is 2.31. The molecule has 0 atom stereocenters. The van der Waals surface area contributed by atoms with Crippen LogP contribution in [0.2, 0.25) is 0 Å². The van der Waals surface area contributed by atoms with Crippen LogP contribution in [0.15, 0.2) is 42.5 Å². The predicted molar refractivity (Wildman–Crippen MR) is 120 cm³/mol. The number of ether oxygens (including phenoxy) is 1. The maximum atomic E-state index is 13.2. The number of carbonyl (C=O) groups excluding carboxylic acids is 1. The van der Waals surface area contributed by atoms with E-state index in [0.29, 0.717) is 36.1 Å². The Hall–Kier alpha value is -2.36. The second kappa shape index (κ2) is 10.3. The van der Waals surface area contributed by atoms with Crippen molar-refractivity contribution < 1.29 is 22.7 Å². The Bertz CT molecular complexity index is 1020. The van der Waals surface area contributed by atoms with E-state index in [4.69, 9.17) is 4.74 Å². The third-order valence-corrected chi connectivity index (χ3v) is 5.42. The molecule has 0 bridgehead atoms. The number of fused-ring (bicyclic) bond motifs is 1. The zero-order chi connectivity index (χ0) is 21.9. The van der Waals surface area contributed by atoms with Crippen molar-refractivity contribution in [3.8, 4) is 5.75 Å². The summed E-state index contributed by atoms with van der Waals surface area (Å²) >= 11 is 1.34. The van der Waals surface area contributed by atoms with Crippen LogP contribution >= 0.6 is 23.7 Å². The number of halogens is 4. The van der Waals surface area contributed by atoms with Gasteiger partial charge in [0.25, 0.3) is 5.91 Å². The summed E-state index contributed by atoms with van der Waals surface area (Å²) in [5, 5.41) is 0.476. The first kappa shape index (κ1) is 24.9. The SMILES string of the molecule is CCOc1cccc2sc(N(CCN(C)C)C(=O)c3ccc(C(F)(F)F)cc3)nc12.Cl. The number of hydrogen-bond acceptors (Lipinski definition) is 5. The Morgan fingerprint density at radius 1 is 1.10 bits per heavy atom. The number of aromatic nitrogens is 1. The molecule has 168 valence electrons. The highest BCUT2D eigenvalue weighted by Crippen LogP contribution is 2.35.